The zero-order valence-electron chi connectivity index (χ0n) is 6.63. The normalized spacial score (nSPS) is 8.58. The molecule has 0 heterocycles. The summed E-state index contributed by atoms with van der Waals surface area (Å²) in [5, 5.41) is 8.71. The van der Waals surface area contributed by atoms with E-state index in [1.165, 1.54) is 0 Å². The van der Waals surface area contributed by atoms with Gasteiger partial charge in [-0.3, -0.25) is 0 Å². The van der Waals surface area contributed by atoms with Crippen LogP contribution in [0.4, 0.5) is 11.4 Å². The van der Waals surface area contributed by atoms with E-state index in [0.717, 1.165) is 0 Å². The molecule has 12 heavy (non-hydrogen) atoms. The van der Waals surface area contributed by atoms with Crippen molar-refractivity contribution in [1.29, 1.82) is 5.26 Å². The van der Waals surface area contributed by atoms with Crippen molar-refractivity contribution in [3.05, 3.63) is 34.7 Å². The summed E-state index contributed by atoms with van der Waals surface area (Å²) in [5.41, 5.74) is 7.55. The average molecular weight is 157 g/mol. The van der Waals surface area contributed by atoms with Crippen LogP contribution in [0.15, 0.2) is 12.1 Å². The van der Waals surface area contributed by atoms with Gasteiger partial charge in [-0.25, -0.2) is 4.85 Å². The first kappa shape index (κ1) is 8.10. The quantitative estimate of drug-likeness (QED) is 0.462. The molecule has 0 aromatic heterocycles. The van der Waals surface area contributed by atoms with E-state index in [9.17, 15) is 0 Å². The minimum Gasteiger partial charge on any atom is -0.399 e. The molecule has 0 spiro atoms. The SMILES string of the molecule is [C-]#[N+]c1ccc(N)c(C)c1C#N. The van der Waals surface area contributed by atoms with Gasteiger partial charge >= 0.3 is 0 Å². The molecule has 1 aromatic rings. The van der Waals surface area contributed by atoms with Gasteiger partial charge in [0.1, 0.15) is 0 Å². The van der Waals surface area contributed by atoms with Crippen LogP contribution in [0.5, 0.6) is 0 Å². The Kier molecular flexibility index (Phi) is 1.98. The van der Waals surface area contributed by atoms with Crippen LogP contribution < -0.4 is 5.73 Å². The Morgan fingerprint density at radius 3 is 2.75 bits per heavy atom. The van der Waals surface area contributed by atoms with Crippen molar-refractivity contribution in [3.8, 4) is 6.07 Å². The molecule has 0 aliphatic carbocycles. The number of nitriles is 1. The lowest BCUT2D eigenvalue weighted by Gasteiger charge is -2.02. The van der Waals surface area contributed by atoms with Crippen LogP contribution in [-0.4, -0.2) is 0 Å². The van der Waals surface area contributed by atoms with Gasteiger partial charge < -0.3 is 5.73 Å². The Labute approximate surface area is 70.9 Å². The molecule has 0 radical (unpaired) electrons. The lowest BCUT2D eigenvalue weighted by atomic mass is 10.1. The van der Waals surface area contributed by atoms with Gasteiger partial charge in [-0.05, 0) is 18.6 Å². The highest BCUT2D eigenvalue weighted by atomic mass is 14.7. The average Bonchev–Trinajstić information content (AvgIpc) is 2.09. The minimum absolute atomic E-state index is 0.365. The number of benzene rings is 1. The van der Waals surface area contributed by atoms with Gasteiger partial charge in [-0.15, -0.1) is 0 Å². The molecule has 58 valence electrons. The van der Waals surface area contributed by atoms with Crippen molar-refractivity contribution < 1.29 is 0 Å². The number of nitrogens with zero attached hydrogens (tertiary/aromatic N) is 2. The number of nitrogens with two attached hydrogens (primary N) is 1. The van der Waals surface area contributed by atoms with Gasteiger partial charge in [0, 0.05) is 5.69 Å². The van der Waals surface area contributed by atoms with Crippen molar-refractivity contribution >= 4 is 11.4 Å². The lowest BCUT2D eigenvalue weighted by molar-refractivity contribution is 1.40. The van der Waals surface area contributed by atoms with Crippen molar-refractivity contribution in [3.63, 3.8) is 0 Å². The smallest absolute Gasteiger partial charge is 0.205 e. The Bertz CT molecular complexity index is 393. The van der Waals surface area contributed by atoms with Gasteiger partial charge in [0.2, 0.25) is 5.69 Å². The van der Waals surface area contributed by atoms with E-state index < -0.39 is 0 Å². The van der Waals surface area contributed by atoms with Gasteiger partial charge in [-0.1, -0.05) is 6.07 Å². The van der Waals surface area contributed by atoms with Crippen molar-refractivity contribution in [1.82, 2.24) is 0 Å². The van der Waals surface area contributed by atoms with Crippen LogP contribution in [0.1, 0.15) is 11.1 Å². The molecule has 0 aliphatic rings. The molecule has 0 saturated heterocycles. The molecule has 0 unspecified atom stereocenters. The maximum Gasteiger partial charge on any atom is 0.205 e. The predicted molar refractivity (Wildman–Crippen MR) is 46.6 cm³/mol. The fourth-order valence-corrected chi connectivity index (χ4v) is 0.948. The summed E-state index contributed by atoms with van der Waals surface area (Å²) in [7, 11) is 0. The summed E-state index contributed by atoms with van der Waals surface area (Å²) in [6.45, 7) is 8.53. The molecule has 0 aliphatic heterocycles. The zero-order chi connectivity index (χ0) is 9.14. The Balaban J connectivity index is 3.52. The third-order valence-electron chi connectivity index (χ3n) is 1.72. The summed E-state index contributed by atoms with van der Waals surface area (Å²) in [4.78, 5) is 3.22. The molecule has 0 atom stereocenters. The Morgan fingerprint density at radius 2 is 2.25 bits per heavy atom. The molecule has 0 bridgehead atoms. The molecule has 3 nitrogen and oxygen atoms in total. The van der Waals surface area contributed by atoms with Crippen LogP contribution in [0.3, 0.4) is 0 Å². The second kappa shape index (κ2) is 2.94. The second-order valence-corrected chi connectivity index (χ2v) is 2.40. The summed E-state index contributed by atoms with van der Waals surface area (Å²) in [6, 6.07) is 5.17. The number of hydrogen-bond acceptors (Lipinski definition) is 2. The third kappa shape index (κ3) is 1.09. The number of anilines is 1. The molecule has 3 heteroatoms. The van der Waals surface area contributed by atoms with E-state index >= 15 is 0 Å². The van der Waals surface area contributed by atoms with E-state index in [0.29, 0.717) is 22.5 Å². The molecular weight excluding hydrogens is 150 g/mol. The van der Waals surface area contributed by atoms with E-state index in [1.54, 1.807) is 19.1 Å². The fourth-order valence-electron chi connectivity index (χ4n) is 0.948. The van der Waals surface area contributed by atoms with Crippen LogP contribution in [0, 0.1) is 24.8 Å². The number of hydrogen-bond donors (Lipinski definition) is 1. The van der Waals surface area contributed by atoms with E-state index in [2.05, 4.69) is 4.85 Å². The Morgan fingerprint density at radius 1 is 1.58 bits per heavy atom. The maximum atomic E-state index is 8.71. The topological polar surface area (TPSA) is 54.2 Å². The van der Waals surface area contributed by atoms with Crippen molar-refractivity contribution in [2.75, 3.05) is 5.73 Å². The fraction of sp³-hybridized carbons (Fsp3) is 0.111. The highest BCUT2D eigenvalue weighted by Crippen LogP contribution is 2.25. The van der Waals surface area contributed by atoms with Crippen LogP contribution in [0.25, 0.3) is 4.85 Å². The molecule has 1 rings (SSSR count). The predicted octanol–water partition coefficient (Wildman–Crippen LogP) is 2.00. The third-order valence-corrected chi connectivity index (χ3v) is 1.72. The van der Waals surface area contributed by atoms with Crippen molar-refractivity contribution in [2.24, 2.45) is 0 Å². The minimum atomic E-state index is 0.365. The molecule has 0 amide bonds. The summed E-state index contributed by atoms with van der Waals surface area (Å²) in [6.07, 6.45) is 0. The summed E-state index contributed by atoms with van der Waals surface area (Å²) < 4.78 is 0. The molecule has 0 saturated carbocycles. The molecule has 1 aromatic carbocycles. The van der Waals surface area contributed by atoms with Gasteiger partial charge in [0.05, 0.1) is 18.2 Å². The summed E-state index contributed by atoms with van der Waals surface area (Å²) in [5.74, 6) is 0. The molecular formula is C9H7N3. The second-order valence-electron chi connectivity index (χ2n) is 2.40. The van der Waals surface area contributed by atoms with E-state index in [4.69, 9.17) is 17.6 Å². The Hall–Kier alpha value is -2.00. The standard InChI is InChI=1S/C9H7N3/c1-6-7(5-10)9(12-2)4-3-8(6)11/h3-4H,11H2,1H3. The van der Waals surface area contributed by atoms with Gasteiger partial charge in [-0.2, -0.15) is 5.26 Å². The number of nitrogen functional groups attached to an aromatic ring is 1. The largest absolute Gasteiger partial charge is 0.399 e. The first-order chi connectivity index (χ1) is 5.70. The van der Waals surface area contributed by atoms with Gasteiger partial charge in [0.25, 0.3) is 0 Å². The molecule has 2 N–H and O–H groups in total. The highest BCUT2D eigenvalue weighted by Gasteiger charge is 2.06. The number of rotatable bonds is 0. The lowest BCUT2D eigenvalue weighted by Crippen LogP contribution is -1.92. The van der Waals surface area contributed by atoms with Crippen LogP contribution in [0.2, 0.25) is 0 Å². The highest BCUT2D eigenvalue weighted by molar-refractivity contribution is 5.68. The van der Waals surface area contributed by atoms with Gasteiger partial charge in [0.15, 0.2) is 0 Å². The monoisotopic (exact) mass is 157 g/mol. The van der Waals surface area contributed by atoms with Crippen molar-refractivity contribution in [2.45, 2.75) is 6.92 Å². The van der Waals surface area contributed by atoms with Crippen LogP contribution >= 0.6 is 0 Å². The van der Waals surface area contributed by atoms with E-state index in [1.807, 2.05) is 6.07 Å². The zero-order valence-corrected chi connectivity index (χ0v) is 6.63. The van der Waals surface area contributed by atoms with Crippen LogP contribution in [-0.2, 0) is 0 Å². The summed E-state index contributed by atoms with van der Waals surface area (Å²) >= 11 is 0. The first-order valence-electron chi connectivity index (χ1n) is 3.37. The maximum absolute atomic E-state index is 8.71. The van der Waals surface area contributed by atoms with E-state index in [-0.39, 0.29) is 0 Å². The molecule has 0 fully saturated rings. The first-order valence-corrected chi connectivity index (χ1v) is 3.37.